The SMILES string of the molecule is CCN(C(=O)c1cnc(NCc2ccc3c(c2)OCO3)cn1)c1cccc(C)c1. The Bertz CT molecular complexity index is 1020. The summed E-state index contributed by atoms with van der Waals surface area (Å²) in [4.78, 5) is 23.2. The minimum absolute atomic E-state index is 0.173. The van der Waals surface area contributed by atoms with Gasteiger partial charge in [0, 0.05) is 18.8 Å². The summed E-state index contributed by atoms with van der Waals surface area (Å²) in [5, 5.41) is 3.21. The highest BCUT2D eigenvalue weighted by Gasteiger charge is 2.18. The Labute approximate surface area is 169 Å². The minimum atomic E-state index is -0.173. The van der Waals surface area contributed by atoms with Crippen LogP contribution in [-0.4, -0.2) is 29.2 Å². The monoisotopic (exact) mass is 390 g/mol. The number of nitrogens with one attached hydrogen (secondary N) is 1. The van der Waals surface area contributed by atoms with Crippen LogP contribution in [0, 0.1) is 6.92 Å². The number of rotatable bonds is 6. The van der Waals surface area contributed by atoms with E-state index in [4.69, 9.17) is 9.47 Å². The predicted octanol–water partition coefficient (Wildman–Crippen LogP) is 3.79. The highest BCUT2D eigenvalue weighted by molar-refractivity contribution is 6.04. The third-order valence-electron chi connectivity index (χ3n) is 4.66. The van der Waals surface area contributed by atoms with Crippen LogP contribution >= 0.6 is 0 Å². The zero-order valence-electron chi connectivity index (χ0n) is 16.4. The molecule has 2 heterocycles. The fourth-order valence-electron chi connectivity index (χ4n) is 3.15. The van der Waals surface area contributed by atoms with Gasteiger partial charge in [0.05, 0.1) is 12.4 Å². The average molecular weight is 390 g/mol. The summed E-state index contributed by atoms with van der Waals surface area (Å²) in [6.07, 6.45) is 3.08. The molecule has 0 atom stereocenters. The largest absolute Gasteiger partial charge is 0.454 e. The third kappa shape index (κ3) is 4.13. The first-order valence-electron chi connectivity index (χ1n) is 9.47. The molecule has 0 saturated carbocycles. The van der Waals surface area contributed by atoms with Gasteiger partial charge >= 0.3 is 0 Å². The van der Waals surface area contributed by atoms with Crippen LogP contribution in [0.3, 0.4) is 0 Å². The number of benzene rings is 2. The van der Waals surface area contributed by atoms with Crippen molar-refractivity contribution in [3.8, 4) is 11.5 Å². The predicted molar refractivity (Wildman–Crippen MR) is 110 cm³/mol. The molecule has 0 bridgehead atoms. The smallest absolute Gasteiger partial charge is 0.278 e. The van der Waals surface area contributed by atoms with E-state index >= 15 is 0 Å². The maximum Gasteiger partial charge on any atom is 0.278 e. The van der Waals surface area contributed by atoms with Crippen LogP contribution in [-0.2, 0) is 6.54 Å². The molecule has 1 N–H and O–H groups in total. The summed E-state index contributed by atoms with van der Waals surface area (Å²) in [5.74, 6) is 1.92. The molecular weight excluding hydrogens is 368 g/mol. The molecule has 1 amide bonds. The summed E-state index contributed by atoms with van der Waals surface area (Å²) in [6, 6.07) is 13.6. The number of aromatic nitrogens is 2. The minimum Gasteiger partial charge on any atom is -0.454 e. The van der Waals surface area contributed by atoms with Crippen molar-refractivity contribution < 1.29 is 14.3 Å². The Morgan fingerprint density at radius 2 is 1.97 bits per heavy atom. The first-order valence-corrected chi connectivity index (χ1v) is 9.47. The van der Waals surface area contributed by atoms with Crippen LogP contribution in [0.4, 0.5) is 11.5 Å². The number of nitrogens with zero attached hydrogens (tertiary/aromatic N) is 3. The first-order chi connectivity index (χ1) is 14.1. The molecule has 0 radical (unpaired) electrons. The van der Waals surface area contributed by atoms with E-state index in [1.807, 2.05) is 56.3 Å². The number of amides is 1. The summed E-state index contributed by atoms with van der Waals surface area (Å²) in [7, 11) is 0. The fraction of sp³-hybridized carbons (Fsp3) is 0.227. The Morgan fingerprint density at radius 1 is 1.10 bits per heavy atom. The van der Waals surface area contributed by atoms with E-state index in [9.17, 15) is 4.79 Å². The lowest BCUT2D eigenvalue weighted by molar-refractivity contribution is 0.0983. The number of fused-ring (bicyclic) bond motifs is 1. The second-order valence-electron chi connectivity index (χ2n) is 6.72. The third-order valence-corrected chi connectivity index (χ3v) is 4.66. The Kier molecular flexibility index (Phi) is 5.29. The van der Waals surface area contributed by atoms with Gasteiger partial charge in [-0.1, -0.05) is 18.2 Å². The molecule has 0 spiro atoms. The van der Waals surface area contributed by atoms with Crippen LogP contribution in [0.1, 0.15) is 28.5 Å². The highest BCUT2D eigenvalue weighted by Crippen LogP contribution is 2.32. The van der Waals surface area contributed by atoms with Crippen molar-refractivity contribution in [3.05, 3.63) is 71.7 Å². The number of hydrogen-bond acceptors (Lipinski definition) is 6. The lowest BCUT2D eigenvalue weighted by Gasteiger charge is -2.21. The molecule has 0 unspecified atom stereocenters. The molecule has 29 heavy (non-hydrogen) atoms. The Balaban J connectivity index is 1.42. The van der Waals surface area contributed by atoms with Crippen molar-refractivity contribution >= 4 is 17.4 Å². The molecule has 0 aliphatic carbocycles. The van der Waals surface area contributed by atoms with Gasteiger partial charge in [-0.3, -0.25) is 4.79 Å². The van der Waals surface area contributed by atoms with E-state index in [-0.39, 0.29) is 12.7 Å². The molecular formula is C22H22N4O3. The van der Waals surface area contributed by atoms with Crippen LogP contribution in [0.5, 0.6) is 11.5 Å². The number of carbonyl (C=O) groups excluding carboxylic acids is 1. The van der Waals surface area contributed by atoms with Gasteiger partial charge in [0.2, 0.25) is 6.79 Å². The highest BCUT2D eigenvalue weighted by atomic mass is 16.7. The molecule has 1 aliphatic heterocycles. The summed E-state index contributed by atoms with van der Waals surface area (Å²) < 4.78 is 10.7. The fourth-order valence-corrected chi connectivity index (χ4v) is 3.15. The quantitative estimate of drug-likeness (QED) is 0.690. The maximum absolute atomic E-state index is 12.9. The molecule has 0 saturated heterocycles. The van der Waals surface area contributed by atoms with Crippen LogP contribution in [0.25, 0.3) is 0 Å². The van der Waals surface area contributed by atoms with Crippen LogP contribution in [0.15, 0.2) is 54.9 Å². The maximum atomic E-state index is 12.9. The topological polar surface area (TPSA) is 76.6 Å². The van der Waals surface area contributed by atoms with Crippen LogP contribution < -0.4 is 19.7 Å². The van der Waals surface area contributed by atoms with Gasteiger partial charge in [0.15, 0.2) is 11.5 Å². The molecule has 1 aromatic heterocycles. The molecule has 7 heteroatoms. The summed E-state index contributed by atoms with van der Waals surface area (Å²) >= 11 is 0. The van der Waals surface area contributed by atoms with E-state index < -0.39 is 0 Å². The van der Waals surface area contributed by atoms with E-state index in [2.05, 4.69) is 15.3 Å². The summed E-state index contributed by atoms with van der Waals surface area (Å²) in [6.45, 7) is 5.30. The number of anilines is 2. The number of carbonyl (C=O) groups is 1. The van der Waals surface area contributed by atoms with Gasteiger partial charge in [-0.05, 0) is 49.2 Å². The molecule has 4 rings (SSSR count). The van der Waals surface area contributed by atoms with Crippen molar-refractivity contribution in [1.82, 2.24) is 9.97 Å². The van der Waals surface area contributed by atoms with Crippen molar-refractivity contribution in [2.75, 3.05) is 23.6 Å². The van der Waals surface area contributed by atoms with Gasteiger partial charge in [-0.25, -0.2) is 9.97 Å². The van der Waals surface area contributed by atoms with Gasteiger partial charge < -0.3 is 19.7 Å². The molecule has 3 aromatic rings. The van der Waals surface area contributed by atoms with Gasteiger partial charge in [0.25, 0.3) is 5.91 Å². The van der Waals surface area contributed by atoms with E-state index in [1.54, 1.807) is 11.1 Å². The lowest BCUT2D eigenvalue weighted by Crippen LogP contribution is -2.31. The van der Waals surface area contributed by atoms with Crippen molar-refractivity contribution in [3.63, 3.8) is 0 Å². The average Bonchev–Trinajstić information content (AvgIpc) is 3.21. The second kappa shape index (κ2) is 8.18. The van der Waals surface area contributed by atoms with Crippen LogP contribution in [0.2, 0.25) is 0 Å². The number of hydrogen-bond donors (Lipinski definition) is 1. The molecule has 2 aromatic carbocycles. The molecule has 1 aliphatic rings. The standard InChI is InChI=1S/C22H22N4O3/c1-3-26(17-6-4-5-15(2)9-17)22(27)18-12-25-21(13-23-18)24-11-16-7-8-19-20(10-16)29-14-28-19/h4-10,12-13H,3,11,14H2,1-2H3,(H,24,25). The van der Waals surface area contributed by atoms with E-state index in [1.165, 1.54) is 6.20 Å². The summed E-state index contributed by atoms with van der Waals surface area (Å²) in [5.41, 5.74) is 3.29. The first kappa shape index (κ1) is 18.7. The van der Waals surface area contributed by atoms with E-state index in [0.29, 0.717) is 24.6 Å². The van der Waals surface area contributed by atoms with Gasteiger partial charge in [-0.15, -0.1) is 0 Å². The Morgan fingerprint density at radius 3 is 2.72 bits per heavy atom. The number of ether oxygens (including phenoxy) is 2. The van der Waals surface area contributed by atoms with Gasteiger partial charge in [-0.2, -0.15) is 0 Å². The second-order valence-corrected chi connectivity index (χ2v) is 6.72. The van der Waals surface area contributed by atoms with Gasteiger partial charge in [0.1, 0.15) is 11.5 Å². The zero-order chi connectivity index (χ0) is 20.2. The molecule has 7 nitrogen and oxygen atoms in total. The zero-order valence-corrected chi connectivity index (χ0v) is 16.4. The van der Waals surface area contributed by atoms with Crippen molar-refractivity contribution in [1.29, 1.82) is 0 Å². The van der Waals surface area contributed by atoms with E-state index in [0.717, 1.165) is 28.3 Å². The molecule has 0 fully saturated rings. The number of aryl methyl sites for hydroxylation is 1. The molecule has 148 valence electrons. The van der Waals surface area contributed by atoms with Crippen molar-refractivity contribution in [2.24, 2.45) is 0 Å². The Hall–Kier alpha value is -3.61. The lowest BCUT2D eigenvalue weighted by atomic mass is 10.2. The normalized spacial score (nSPS) is 11.9. The van der Waals surface area contributed by atoms with Crippen molar-refractivity contribution in [2.45, 2.75) is 20.4 Å².